The van der Waals surface area contributed by atoms with Crippen LogP contribution in [0.2, 0.25) is 0 Å². The zero-order chi connectivity index (χ0) is 16.0. The first kappa shape index (κ1) is 13.8. The van der Waals surface area contributed by atoms with Gasteiger partial charge < -0.3 is 15.0 Å². The van der Waals surface area contributed by atoms with Crippen molar-refractivity contribution in [1.29, 1.82) is 0 Å². The van der Waals surface area contributed by atoms with Gasteiger partial charge >= 0.3 is 0 Å². The van der Waals surface area contributed by atoms with Crippen LogP contribution in [0.5, 0.6) is 5.75 Å². The van der Waals surface area contributed by atoms with Crippen molar-refractivity contribution in [2.75, 3.05) is 16.8 Å². The Morgan fingerprint density at radius 2 is 2.09 bits per heavy atom. The molecule has 0 fully saturated rings. The molecule has 2 aliphatic heterocycles. The molecule has 4 rings (SSSR count). The van der Waals surface area contributed by atoms with E-state index in [1.165, 1.54) is 5.56 Å². The second kappa shape index (κ2) is 5.12. The average Bonchev–Trinajstić information content (AvgIpc) is 2.99. The minimum absolute atomic E-state index is 0.0501. The number of hydrogen-bond donors (Lipinski definition) is 1. The molecule has 0 radical (unpaired) electrons. The Hall–Kier alpha value is -2.82. The number of nitrogens with zero attached hydrogens (tertiary/aromatic N) is 1. The van der Waals surface area contributed by atoms with Crippen molar-refractivity contribution >= 4 is 23.2 Å². The molecule has 0 saturated carbocycles. The fourth-order valence-corrected chi connectivity index (χ4v) is 3.04. The molecule has 1 N–H and O–H groups in total. The lowest BCUT2D eigenvalue weighted by atomic mass is 10.1. The van der Waals surface area contributed by atoms with Gasteiger partial charge in [0.1, 0.15) is 5.75 Å². The van der Waals surface area contributed by atoms with Crippen LogP contribution < -0.4 is 15.0 Å². The van der Waals surface area contributed by atoms with Crippen LogP contribution in [0, 0.1) is 0 Å². The molecule has 2 aromatic carbocycles. The van der Waals surface area contributed by atoms with Crippen LogP contribution in [0.25, 0.3) is 0 Å². The fourth-order valence-electron chi connectivity index (χ4n) is 3.04. The summed E-state index contributed by atoms with van der Waals surface area (Å²) in [7, 11) is 0. The quantitative estimate of drug-likeness (QED) is 0.881. The molecule has 0 saturated heterocycles. The number of fused-ring (bicyclic) bond motifs is 2. The predicted molar refractivity (Wildman–Crippen MR) is 87.0 cm³/mol. The number of nitrogens with one attached hydrogen (secondary N) is 1. The first-order chi connectivity index (χ1) is 11.1. The van der Waals surface area contributed by atoms with Gasteiger partial charge in [0.25, 0.3) is 11.8 Å². The number of hydrogen-bond acceptors (Lipinski definition) is 3. The highest BCUT2D eigenvalue weighted by Crippen LogP contribution is 2.33. The number of rotatable bonds is 1. The van der Waals surface area contributed by atoms with Crippen molar-refractivity contribution < 1.29 is 14.3 Å². The molecule has 2 heterocycles. The third kappa shape index (κ3) is 2.25. The van der Waals surface area contributed by atoms with E-state index in [9.17, 15) is 9.59 Å². The topological polar surface area (TPSA) is 58.6 Å². The summed E-state index contributed by atoms with van der Waals surface area (Å²) >= 11 is 0. The van der Waals surface area contributed by atoms with Crippen molar-refractivity contribution in [2.45, 2.75) is 19.4 Å². The number of anilines is 2. The highest BCUT2D eigenvalue weighted by molar-refractivity contribution is 6.08. The Bertz CT molecular complexity index is 816. The Morgan fingerprint density at radius 3 is 2.96 bits per heavy atom. The molecule has 116 valence electrons. The zero-order valence-corrected chi connectivity index (χ0v) is 12.7. The molecular formula is C18H16N2O3. The summed E-state index contributed by atoms with van der Waals surface area (Å²) in [6.45, 7) is 2.37. The van der Waals surface area contributed by atoms with E-state index in [2.05, 4.69) is 11.4 Å². The molecule has 0 spiro atoms. The molecule has 2 aliphatic rings. The highest BCUT2D eigenvalue weighted by Gasteiger charge is 2.28. The summed E-state index contributed by atoms with van der Waals surface area (Å²) in [4.78, 5) is 26.2. The summed E-state index contributed by atoms with van der Waals surface area (Å²) in [5, 5.41) is 2.77. The maximum Gasteiger partial charge on any atom is 0.265 e. The van der Waals surface area contributed by atoms with Crippen LogP contribution in [0.1, 0.15) is 22.8 Å². The van der Waals surface area contributed by atoms with E-state index in [-0.39, 0.29) is 11.8 Å². The number of benzene rings is 2. The number of carbonyl (C=O) groups is 2. The lowest BCUT2D eigenvalue weighted by Crippen LogP contribution is -2.34. The molecular weight excluding hydrogens is 292 g/mol. The second-order valence-corrected chi connectivity index (χ2v) is 5.80. The fraction of sp³-hybridized carbons (Fsp3) is 0.222. The largest absolute Gasteiger partial charge is 0.479 e. The Morgan fingerprint density at radius 1 is 1.26 bits per heavy atom. The van der Waals surface area contributed by atoms with Crippen LogP contribution >= 0.6 is 0 Å². The second-order valence-electron chi connectivity index (χ2n) is 5.80. The average molecular weight is 308 g/mol. The molecule has 0 aliphatic carbocycles. The molecule has 0 aromatic heterocycles. The number of amides is 2. The number of para-hydroxylation sites is 1. The van der Waals surface area contributed by atoms with Gasteiger partial charge in [0, 0.05) is 17.8 Å². The number of ether oxygens (including phenoxy) is 1. The number of carbonyl (C=O) groups excluding carboxylic acids is 2. The van der Waals surface area contributed by atoms with Crippen molar-refractivity contribution in [3.63, 3.8) is 0 Å². The monoisotopic (exact) mass is 308 g/mol. The van der Waals surface area contributed by atoms with E-state index < -0.39 is 6.10 Å². The van der Waals surface area contributed by atoms with Gasteiger partial charge in [0.2, 0.25) is 0 Å². The molecule has 2 amide bonds. The van der Waals surface area contributed by atoms with Gasteiger partial charge in [-0.25, -0.2) is 0 Å². The van der Waals surface area contributed by atoms with Crippen LogP contribution in [-0.2, 0) is 11.2 Å². The molecule has 5 heteroatoms. The third-order valence-corrected chi connectivity index (χ3v) is 4.29. The van der Waals surface area contributed by atoms with E-state index >= 15 is 0 Å². The molecule has 2 aromatic rings. The lowest BCUT2D eigenvalue weighted by molar-refractivity contribution is -0.122. The van der Waals surface area contributed by atoms with Crippen LogP contribution in [0.3, 0.4) is 0 Å². The highest BCUT2D eigenvalue weighted by atomic mass is 16.5. The lowest BCUT2D eigenvalue weighted by Gasteiger charge is -2.24. The van der Waals surface area contributed by atoms with E-state index in [0.717, 1.165) is 12.1 Å². The molecule has 5 nitrogen and oxygen atoms in total. The van der Waals surface area contributed by atoms with Crippen molar-refractivity contribution in [1.82, 2.24) is 0 Å². The van der Waals surface area contributed by atoms with Gasteiger partial charge in [0.15, 0.2) is 6.10 Å². The van der Waals surface area contributed by atoms with E-state index in [1.54, 1.807) is 30.0 Å². The first-order valence-corrected chi connectivity index (χ1v) is 7.65. The van der Waals surface area contributed by atoms with Crippen LogP contribution in [0.15, 0.2) is 42.5 Å². The van der Waals surface area contributed by atoms with E-state index in [1.807, 2.05) is 18.2 Å². The Kier molecular flexibility index (Phi) is 3.08. The zero-order valence-electron chi connectivity index (χ0n) is 12.7. The van der Waals surface area contributed by atoms with Crippen LogP contribution in [0.4, 0.5) is 11.4 Å². The van der Waals surface area contributed by atoms with E-state index in [0.29, 0.717) is 23.5 Å². The summed E-state index contributed by atoms with van der Waals surface area (Å²) in [6, 6.07) is 13.1. The summed E-state index contributed by atoms with van der Waals surface area (Å²) < 4.78 is 5.58. The molecule has 23 heavy (non-hydrogen) atoms. The molecule has 0 bridgehead atoms. The summed E-state index contributed by atoms with van der Waals surface area (Å²) in [5.74, 6) is 0.311. The van der Waals surface area contributed by atoms with Gasteiger partial charge in [-0.2, -0.15) is 0 Å². The van der Waals surface area contributed by atoms with Gasteiger partial charge in [-0.05, 0) is 43.2 Å². The minimum atomic E-state index is -0.555. The van der Waals surface area contributed by atoms with Crippen molar-refractivity contribution in [3.8, 4) is 5.75 Å². The maximum atomic E-state index is 12.8. The predicted octanol–water partition coefficient (Wildman–Crippen LogP) is 2.61. The van der Waals surface area contributed by atoms with Crippen molar-refractivity contribution in [3.05, 3.63) is 53.6 Å². The first-order valence-electron chi connectivity index (χ1n) is 7.65. The van der Waals surface area contributed by atoms with Gasteiger partial charge in [-0.3, -0.25) is 9.59 Å². The van der Waals surface area contributed by atoms with Crippen LogP contribution in [-0.4, -0.2) is 24.5 Å². The van der Waals surface area contributed by atoms with Crippen molar-refractivity contribution in [2.24, 2.45) is 0 Å². The van der Waals surface area contributed by atoms with Gasteiger partial charge in [-0.15, -0.1) is 0 Å². The summed E-state index contributed by atoms with van der Waals surface area (Å²) in [6.07, 6.45) is 0.316. The normalized spacial score (nSPS) is 18.7. The maximum absolute atomic E-state index is 12.8. The third-order valence-electron chi connectivity index (χ3n) is 4.29. The molecule has 1 atom stereocenters. The van der Waals surface area contributed by atoms with E-state index in [4.69, 9.17) is 4.74 Å². The Balaban J connectivity index is 1.66. The smallest absolute Gasteiger partial charge is 0.265 e. The molecule has 1 unspecified atom stereocenters. The standard InChI is InChI=1S/C18H16N2O3/c1-11-17(21)19-14-7-6-13(10-16(14)23-11)18(22)20-9-8-12-4-2-3-5-15(12)20/h2-7,10-11H,8-9H2,1H3,(H,19,21). The Labute approximate surface area is 133 Å². The summed E-state index contributed by atoms with van der Waals surface area (Å²) in [5.41, 5.74) is 3.32. The SMILES string of the molecule is CC1Oc2cc(C(=O)N3CCc4ccccc43)ccc2NC1=O. The minimum Gasteiger partial charge on any atom is -0.479 e. The van der Waals surface area contributed by atoms with Gasteiger partial charge in [-0.1, -0.05) is 18.2 Å². The van der Waals surface area contributed by atoms with Gasteiger partial charge in [0.05, 0.1) is 5.69 Å².